The van der Waals surface area contributed by atoms with Gasteiger partial charge in [0.2, 0.25) is 5.89 Å². The summed E-state index contributed by atoms with van der Waals surface area (Å²) in [5.74, 6) is -2.15. The third-order valence-electron chi connectivity index (χ3n) is 2.99. The molecule has 21 heavy (non-hydrogen) atoms. The van der Waals surface area contributed by atoms with E-state index in [1.165, 1.54) is 18.2 Å². The maximum absolute atomic E-state index is 13.5. The van der Waals surface area contributed by atoms with Gasteiger partial charge in [0.05, 0.1) is 5.92 Å². The lowest BCUT2D eigenvalue weighted by atomic mass is 10.0. The predicted octanol–water partition coefficient (Wildman–Crippen LogP) is 2.83. The van der Waals surface area contributed by atoms with Crippen LogP contribution in [0.2, 0.25) is 0 Å². The lowest BCUT2D eigenvalue weighted by Crippen LogP contribution is -2.33. The summed E-state index contributed by atoms with van der Waals surface area (Å²) in [5.41, 5.74) is 0.300. The minimum atomic E-state index is -4.78. The summed E-state index contributed by atoms with van der Waals surface area (Å²) in [6, 6.07) is 5.91. The molecule has 1 heterocycles. The Morgan fingerprint density at radius 1 is 1.29 bits per heavy atom. The molecule has 8 heteroatoms. The number of benzene rings is 1. The van der Waals surface area contributed by atoms with Crippen molar-refractivity contribution in [3.8, 4) is 0 Å². The fraction of sp³-hybridized carbons (Fsp3) is 0.385. The largest absolute Gasteiger partial charge is 0.415 e. The van der Waals surface area contributed by atoms with E-state index in [9.17, 15) is 17.6 Å². The minimum absolute atomic E-state index is 0.00892. The number of aliphatic hydroxyl groups excluding tert-OH is 1. The van der Waals surface area contributed by atoms with Gasteiger partial charge < -0.3 is 9.63 Å². The first-order valence-electron chi connectivity index (χ1n) is 6.09. The van der Waals surface area contributed by atoms with Gasteiger partial charge >= 0.3 is 6.18 Å². The van der Waals surface area contributed by atoms with Crippen molar-refractivity contribution < 1.29 is 27.2 Å². The number of nitrogens with zero attached hydrogens (tertiary/aromatic N) is 2. The average Bonchev–Trinajstić information content (AvgIpc) is 2.87. The topological polar surface area (TPSA) is 59.2 Å². The van der Waals surface area contributed by atoms with Gasteiger partial charge in [-0.05, 0) is 11.6 Å². The number of aromatic nitrogens is 2. The molecule has 0 spiro atoms. The monoisotopic (exact) mass is 304 g/mol. The highest BCUT2D eigenvalue weighted by molar-refractivity contribution is 5.20. The highest BCUT2D eigenvalue weighted by Gasteiger charge is 2.44. The second-order valence-electron chi connectivity index (χ2n) is 4.59. The molecule has 114 valence electrons. The fourth-order valence-corrected chi connectivity index (χ4v) is 1.75. The first-order valence-corrected chi connectivity index (χ1v) is 6.09. The SMILES string of the molecule is CC(c1nc(Cc2ccccc2F)no1)C(O)C(F)(F)F. The Bertz CT molecular complexity index is 612. The maximum Gasteiger partial charge on any atom is 0.415 e. The molecule has 1 N–H and O–H groups in total. The van der Waals surface area contributed by atoms with Crippen LogP contribution in [0.15, 0.2) is 28.8 Å². The molecule has 4 nitrogen and oxygen atoms in total. The molecule has 0 radical (unpaired) electrons. The van der Waals surface area contributed by atoms with Crippen molar-refractivity contribution in [3.63, 3.8) is 0 Å². The quantitative estimate of drug-likeness (QED) is 0.882. The third-order valence-corrected chi connectivity index (χ3v) is 2.99. The Balaban J connectivity index is 2.13. The molecule has 1 aromatic heterocycles. The molecule has 2 aromatic rings. The molecule has 1 aromatic carbocycles. The second kappa shape index (κ2) is 5.80. The summed E-state index contributed by atoms with van der Waals surface area (Å²) in [6.07, 6.45) is -7.39. The Labute approximate surface area is 117 Å². The lowest BCUT2D eigenvalue weighted by molar-refractivity contribution is -0.210. The Hall–Kier alpha value is -1.96. The summed E-state index contributed by atoms with van der Waals surface area (Å²) in [7, 11) is 0. The van der Waals surface area contributed by atoms with Crippen LogP contribution in [0, 0.1) is 5.82 Å². The molecule has 0 saturated carbocycles. The first-order chi connectivity index (χ1) is 9.79. The van der Waals surface area contributed by atoms with Gasteiger partial charge in [-0.1, -0.05) is 30.3 Å². The third kappa shape index (κ3) is 3.57. The molecule has 0 amide bonds. The Kier molecular flexibility index (Phi) is 4.26. The Morgan fingerprint density at radius 2 is 1.95 bits per heavy atom. The smallest absolute Gasteiger partial charge is 0.383 e. The summed E-state index contributed by atoms with van der Waals surface area (Å²) >= 11 is 0. The molecule has 0 aliphatic carbocycles. The normalized spacial score (nSPS) is 15.0. The summed E-state index contributed by atoms with van der Waals surface area (Å²) < 4.78 is 55.4. The van der Waals surface area contributed by atoms with Crippen molar-refractivity contribution in [3.05, 3.63) is 47.4 Å². The molecule has 0 aliphatic rings. The van der Waals surface area contributed by atoms with Crippen LogP contribution in [-0.4, -0.2) is 27.5 Å². The van der Waals surface area contributed by atoms with Crippen LogP contribution in [0.5, 0.6) is 0 Å². The number of hydrogen-bond acceptors (Lipinski definition) is 4. The van der Waals surface area contributed by atoms with Gasteiger partial charge in [0.1, 0.15) is 5.82 Å². The first kappa shape index (κ1) is 15.4. The lowest BCUT2D eigenvalue weighted by Gasteiger charge is -2.17. The van der Waals surface area contributed by atoms with E-state index < -0.39 is 24.0 Å². The van der Waals surface area contributed by atoms with Crippen molar-refractivity contribution in [2.45, 2.75) is 31.5 Å². The van der Waals surface area contributed by atoms with Crippen LogP contribution in [0.25, 0.3) is 0 Å². The zero-order valence-electron chi connectivity index (χ0n) is 10.9. The molecular weight excluding hydrogens is 292 g/mol. The summed E-state index contributed by atoms with van der Waals surface area (Å²) in [6.45, 7) is 1.12. The standard InChI is InChI=1S/C13H12F4N2O2/c1-7(11(20)13(15,16)17)12-18-10(19-21-12)6-8-4-2-3-5-9(8)14/h2-5,7,11,20H,6H2,1H3. The number of alkyl halides is 3. The number of hydrogen-bond donors (Lipinski definition) is 1. The van der Waals surface area contributed by atoms with Crippen LogP contribution >= 0.6 is 0 Å². The van der Waals surface area contributed by atoms with E-state index >= 15 is 0 Å². The van der Waals surface area contributed by atoms with E-state index in [0.717, 1.165) is 6.92 Å². The zero-order valence-corrected chi connectivity index (χ0v) is 10.9. The summed E-state index contributed by atoms with van der Waals surface area (Å²) in [5, 5.41) is 12.6. The van der Waals surface area contributed by atoms with Crippen LogP contribution in [0.3, 0.4) is 0 Å². The Morgan fingerprint density at radius 3 is 2.57 bits per heavy atom. The van der Waals surface area contributed by atoms with E-state index in [1.807, 2.05) is 0 Å². The molecule has 2 unspecified atom stereocenters. The maximum atomic E-state index is 13.5. The zero-order chi connectivity index (χ0) is 15.6. The molecule has 2 atom stereocenters. The van der Waals surface area contributed by atoms with E-state index in [4.69, 9.17) is 9.63 Å². The van der Waals surface area contributed by atoms with Crippen molar-refractivity contribution in [1.29, 1.82) is 0 Å². The summed E-state index contributed by atoms with van der Waals surface area (Å²) in [4.78, 5) is 3.78. The molecular formula is C13H12F4N2O2. The van der Waals surface area contributed by atoms with Gasteiger partial charge in [0.15, 0.2) is 11.9 Å². The highest BCUT2D eigenvalue weighted by atomic mass is 19.4. The number of halogens is 4. The van der Waals surface area contributed by atoms with Crippen LogP contribution < -0.4 is 0 Å². The second-order valence-corrected chi connectivity index (χ2v) is 4.59. The number of rotatable bonds is 4. The van der Waals surface area contributed by atoms with E-state index in [-0.39, 0.29) is 18.1 Å². The van der Waals surface area contributed by atoms with E-state index in [0.29, 0.717) is 5.56 Å². The van der Waals surface area contributed by atoms with Crippen molar-refractivity contribution >= 4 is 0 Å². The van der Waals surface area contributed by atoms with Gasteiger partial charge in [-0.15, -0.1) is 0 Å². The van der Waals surface area contributed by atoms with Crippen LogP contribution in [-0.2, 0) is 6.42 Å². The van der Waals surface area contributed by atoms with Crippen molar-refractivity contribution in [2.24, 2.45) is 0 Å². The van der Waals surface area contributed by atoms with Crippen LogP contribution in [0.1, 0.15) is 30.1 Å². The van der Waals surface area contributed by atoms with Gasteiger partial charge in [-0.2, -0.15) is 18.2 Å². The predicted molar refractivity (Wildman–Crippen MR) is 64.0 cm³/mol. The molecule has 0 saturated heterocycles. The molecule has 2 rings (SSSR count). The molecule has 0 aliphatic heterocycles. The van der Waals surface area contributed by atoms with Crippen molar-refractivity contribution in [1.82, 2.24) is 10.1 Å². The minimum Gasteiger partial charge on any atom is -0.383 e. The fourth-order valence-electron chi connectivity index (χ4n) is 1.75. The average molecular weight is 304 g/mol. The van der Waals surface area contributed by atoms with Gasteiger partial charge in [0, 0.05) is 6.42 Å². The number of aliphatic hydroxyl groups is 1. The van der Waals surface area contributed by atoms with Gasteiger partial charge in [-0.3, -0.25) is 0 Å². The van der Waals surface area contributed by atoms with Gasteiger partial charge in [-0.25, -0.2) is 4.39 Å². The highest BCUT2D eigenvalue weighted by Crippen LogP contribution is 2.30. The molecule has 0 bridgehead atoms. The van der Waals surface area contributed by atoms with E-state index in [1.54, 1.807) is 6.07 Å². The van der Waals surface area contributed by atoms with Crippen molar-refractivity contribution in [2.75, 3.05) is 0 Å². The van der Waals surface area contributed by atoms with E-state index in [2.05, 4.69) is 10.1 Å². The van der Waals surface area contributed by atoms with Crippen LogP contribution in [0.4, 0.5) is 17.6 Å². The molecule has 0 fully saturated rings. The van der Waals surface area contributed by atoms with Gasteiger partial charge in [0.25, 0.3) is 0 Å².